The van der Waals surface area contributed by atoms with Crippen LogP contribution >= 0.6 is 11.6 Å². The molecule has 0 radical (unpaired) electrons. The Morgan fingerprint density at radius 2 is 1.92 bits per heavy atom. The number of aromatic nitrogens is 4. The van der Waals surface area contributed by atoms with E-state index in [1.807, 2.05) is 0 Å². The summed E-state index contributed by atoms with van der Waals surface area (Å²) in [7, 11) is -3.68. The number of rotatable bonds is 5. The summed E-state index contributed by atoms with van der Waals surface area (Å²) >= 11 is 5.81. The van der Waals surface area contributed by atoms with E-state index in [2.05, 4.69) is 20.2 Å². The van der Waals surface area contributed by atoms with E-state index in [0.29, 0.717) is 22.0 Å². The normalized spacial score (nSPS) is 11.8. The van der Waals surface area contributed by atoms with Crippen molar-refractivity contribution >= 4 is 33.4 Å². The van der Waals surface area contributed by atoms with E-state index in [9.17, 15) is 8.42 Å². The summed E-state index contributed by atoms with van der Waals surface area (Å²) in [6.07, 6.45) is 2.94. The van der Waals surface area contributed by atoms with Gasteiger partial charge in [0.2, 0.25) is 0 Å². The Bertz CT molecular complexity index is 1000. The Hall–Kier alpha value is -2.71. The summed E-state index contributed by atoms with van der Waals surface area (Å²) in [5.41, 5.74) is 2.58. The van der Waals surface area contributed by atoms with Gasteiger partial charge >= 0.3 is 0 Å². The summed E-state index contributed by atoms with van der Waals surface area (Å²) in [6, 6.07) is 12.1. The van der Waals surface area contributed by atoms with Crippen molar-refractivity contribution in [2.45, 2.75) is 6.92 Å². The maximum atomic E-state index is 12.3. The monoisotopic (exact) mass is 375 g/mol. The van der Waals surface area contributed by atoms with Crippen LogP contribution in [0.4, 0.5) is 5.69 Å². The molecule has 3 aromatic rings. The molecule has 0 amide bonds. The number of halogens is 1. The third-order valence-electron chi connectivity index (χ3n) is 3.46. The van der Waals surface area contributed by atoms with Gasteiger partial charge < -0.3 is 0 Å². The van der Waals surface area contributed by atoms with Gasteiger partial charge in [0.15, 0.2) is 0 Å². The first-order chi connectivity index (χ1) is 11.9. The molecule has 128 valence electrons. The van der Waals surface area contributed by atoms with Gasteiger partial charge in [-0.2, -0.15) is 0 Å². The lowest BCUT2D eigenvalue weighted by atomic mass is 10.1. The predicted molar refractivity (Wildman–Crippen MR) is 96.9 cm³/mol. The van der Waals surface area contributed by atoms with Crippen molar-refractivity contribution in [2.75, 3.05) is 4.72 Å². The number of sulfonamides is 1. The van der Waals surface area contributed by atoms with Crippen LogP contribution in [-0.4, -0.2) is 28.6 Å². The lowest BCUT2D eigenvalue weighted by Gasteiger charge is -2.11. The fourth-order valence-corrected chi connectivity index (χ4v) is 3.24. The molecule has 1 heterocycles. The summed E-state index contributed by atoms with van der Waals surface area (Å²) in [4.78, 5) is 0. The van der Waals surface area contributed by atoms with Crippen LogP contribution in [0.25, 0.3) is 11.8 Å². The molecule has 0 fully saturated rings. The number of nitrogens with one attached hydrogen (secondary N) is 1. The van der Waals surface area contributed by atoms with Gasteiger partial charge in [0.1, 0.15) is 6.33 Å². The lowest BCUT2D eigenvalue weighted by molar-refractivity contribution is 0.609. The highest BCUT2D eigenvalue weighted by atomic mass is 35.5. The van der Waals surface area contributed by atoms with Gasteiger partial charge in [0.05, 0.1) is 16.8 Å². The van der Waals surface area contributed by atoms with Crippen molar-refractivity contribution in [1.82, 2.24) is 20.2 Å². The average molecular weight is 376 g/mol. The minimum atomic E-state index is -3.68. The SMILES string of the molecule is Cc1c(NS(=O)(=O)/C=C/c2ccc(Cl)cc2)cccc1-n1cnnn1. The van der Waals surface area contributed by atoms with Crippen LogP contribution in [0.15, 0.2) is 54.2 Å². The summed E-state index contributed by atoms with van der Waals surface area (Å²) in [6.45, 7) is 1.79. The standard InChI is InChI=1S/C16H14ClN5O2S/c1-12-15(3-2-4-16(12)22-11-18-20-21-22)19-25(23,24)10-9-13-5-7-14(17)8-6-13/h2-11,19H,1H3/b10-9+. The molecule has 0 atom stereocenters. The van der Waals surface area contributed by atoms with Crippen LogP contribution in [0.1, 0.15) is 11.1 Å². The van der Waals surface area contributed by atoms with Crippen LogP contribution in [0.2, 0.25) is 5.02 Å². The van der Waals surface area contributed by atoms with Gasteiger partial charge in [-0.1, -0.05) is 29.8 Å². The zero-order valence-electron chi connectivity index (χ0n) is 13.2. The molecular weight excluding hydrogens is 362 g/mol. The topological polar surface area (TPSA) is 89.8 Å². The fourth-order valence-electron chi connectivity index (χ4n) is 2.18. The number of hydrogen-bond acceptors (Lipinski definition) is 5. The highest BCUT2D eigenvalue weighted by molar-refractivity contribution is 7.95. The van der Waals surface area contributed by atoms with Crippen LogP contribution in [-0.2, 0) is 10.0 Å². The van der Waals surface area contributed by atoms with E-state index in [0.717, 1.165) is 11.0 Å². The molecule has 0 aliphatic carbocycles. The van der Waals surface area contributed by atoms with Gasteiger partial charge in [0.25, 0.3) is 10.0 Å². The van der Waals surface area contributed by atoms with Crippen molar-refractivity contribution in [2.24, 2.45) is 0 Å². The highest BCUT2D eigenvalue weighted by Crippen LogP contribution is 2.23. The summed E-state index contributed by atoms with van der Waals surface area (Å²) in [5.74, 6) is 0. The molecule has 7 nitrogen and oxygen atoms in total. The molecule has 9 heteroatoms. The van der Waals surface area contributed by atoms with E-state index in [1.54, 1.807) is 49.4 Å². The smallest absolute Gasteiger partial charge is 0.255 e. The lowest BCUT2D eigenvalue weighted by Crippen LogP contribution is -2.11. The number of anilines is 1. The Morgan fingerprint density at radius 1 is 1.16 bits per heavy atom. The molecule has 0 unspecified atom stereocenters. The van der Waals surface area contributed by atoms with Gasteiger partial charge in [-0.25, -0.2) is 13.1 Å². The second-order valence-corrected chi connectivity index (χ2v) is 7.21. The third kappa shape index (κ3) is 4.23. The Balaban J connectivity index is 1.84. The third-order valence-corrected chi connectivity index (χ3v) is 4.71. The maximum absolute atomic E-state index is 12.3. The first-order valence-corrected chi connectivity index (χ1v) is 9.16. The minimum absolute atomic E-state index is 0.453. The minimum Gasteiger partial charge on any atom is -0.280 e. The molecule has 1 N–H and O–H groups in total. The molecule has 0 saturated heterocycles. The van der Waals surface area contributed by atoms with Crippen molar-refractivity contribution in [3.05, 3.63) is 70.3 Å². The van der Waals surface area contributed by atoms with Crippen molar-refractivity contribution in [3.63, 3.8) is 0 Å². The van der Waals surface area contributed by atoms with Crippen LogP contribution < -0.4 is 4.72 Å². The summed E-state index contributed by atoms with van der Waals surface area (Å²) in [5, 5.41) is 12.7. The molecule has 0 saturated carbocycles. The van der Waals surface area contributed by atoms with Crippen molar-refractivity contribution in [1.29, 1.82) is 0 Å². The number of tetrazole rings is 1. The maximum Gasteiger partial charge on any atom is 0.255 e. The molecule has 2 aromatic carbocycles. The zero-order chi connectivity index (χ0) is 17.9. The van der Waals surface area contributed by atoms with E-state index in [-0.39, 0.29) is 0 Å². The first kappa shape index (κ1) is 17.1. The summed E-state index contributed by atoms with van der Waals surface area (Å²) < 4.78 is 28.7. The van der Waals surface area contributed by atoms with Crippen molar-refractivity contribution < 1.29 is 8.42 Å². The number of hydrogen-bond donors (Lipinski definition) is 1. The molecular formula is C16H14ClN5O2S. The van der Waals surface area contributed by atoms with Crippen molar-refractivity contribution in [3.8, 4) is 5.69 Å². The Kier molecular flexibility index (Phi) is 4.82. The fraction of sp³-hybridized carbons (Fsp3) is 0.0625. The molecule has 25 heavy (non-hydrogen) atoms. The first-order valence-electron chi connectivity index (χ1n) is 7.24. The quantitative estimate of drug-likeness (QED) is 0.740. The van der Waals surface area contributed by atoms with Crippen LogP contribution in [0.3, 0.4) is 0 Å². The Labute approximate surface area is 150 Å². The second kappa shape index (κ2) is 7.04. The number of nitrogens with zero attached hydrogens (tertiary/aromatic N) is 4. The van der Waals surface area contributed by atoms with Gasteiger partial charge in [0, 0.05) is 5.02 Å². The zero-order valence-corrected chi connectivity index (χ0v) is 14.7. The van der Waals surface area contributed by atoms with E-state index in [4.69, 9.17) is 11.6 Å². The van der Waals surface area contributed by atoms with Gasteiger partial charge in [-0.15, -0.1) is 5.10 Å². The number of benzene rings is 2. The average Bonchev–Trinajstić information content (AvgIpc) is 3.10. The van der Waals surface area contributed by atoms with Crippen LogP contribution in [0, 0.1) is 6.92 Å². The molecule has 3 rings (SSSR count). The van der Waals surface area contributed by atoms with E-state index in [1.165, 1.54) is 17.1 Å². The van der Waals surface area contributed by atoms with Gasteiger partial charge in [-0.3, -0.25) is 4.72 Å². The van der Waals surface area contributed by atoms with E-state index < -0.39 is 10.0 Å². The molecule has 0 spiro atoms. The molecule has 0 aliphatic heterocycles. The molecule has 0 aliphatic rings. The van der Waals surface area contributed by atoms with E-state index >= 15 is 0 Å². The second-order valence-electron chi connectivity index (χ2n) is 5.21. The van der Waals surface area contributed by atoms with Gasteiger partial charge in [-0.05, 0) is 58.8 Å². The highest BCUT2D eigenvalue weighted by Gasteiger charge is 2.11. The molecule has 0 bridgehead atoms. The predicted octanol–water partition coefficient (Wildman–Crippen LogP) is 3.04. The largest absolute Gasteiger partial charge is 0.280 e. The van der Waals surface area contributed by atoms with Crippen LogP contribution in [0.5, 0.6) is 0 Å². The Morgan fingerprint density at radius 3 is 2.60 bits per heavy atom. The molecule has 1 aromatic heterocycles.